The number of rotatable bonds is 3. The molecule has 1 fully saturated rings. The molecule has 1 amide bonds. The first-order valence-electron chi connectivity index (χ1n) is 4.70. The van der Waals surface area contributed by atoms with Crippen molar-refractivity contribution in [3.05, 3.63) is 0 Å². The Balaban J connectivity index is 2.38. The number of aliphatic hydroxyl groups is 1. The number of carbonyl (C=O) groups is 1. The van der Waals surface area contributed by atoms with Gasteiger partial charge in [0.2, 0.25) is 5.91 Å². The second kappa shape index (κ2) is 4.42. The normalized spacial score (nSPS) is 22.7. The molecule has 0 aliphatic heterocycles. The number of amides is 1. The highest BCUT2D eigenvalue weighted by Crippen LogP contribution is 2.37. The predicted octanol–water partition coefficient (Wildman–Crippen LogP) is 1.19. The molecule has 0 heterocycles. The van der Waals surface area contributed by atoms with Gasteiger partial charge in [0, 0.05) is 6.54 Å². The topological polar surface area (TPSA) is 49.3 Å². The fourth-order valence-electron chi connectivity index (χ4n) is 1.56. The number of halogens is 1. The van der Waals surface area contributed by atoms with Gasteiger partial charge in [-0.25, -0.2) is 0 Å². The molecule has 0 aromatic heterocycles. The summed E-state index contributed by atoms with van der Waals surface area (Å²) in [7, 11) is 0. The van der Waals surface area contributed by atoms with Crippen molar-refractivity contribution in [3.8, 4) is 0 Å². The molecule has 0 spiro atoms. The van der Waals surface area contributed by atoms with Crippen LogP contribution in [0.5, 0.6) is 0 Å². The van der Waals surface area contributed by atoms with E-state index in [4.69, 9.17) is 5.11 Å². The number of carbonyl (C=O) groups excluding carboxylic acids is 1. The van der Waals surface area contributed by atoms with Crippen LogP contribution in [0.1, 0.15) is 32.6 Å². The van der Waals surface area contributed by atoms with Gasteiger partial charge in [-0.15, -0.1) is 0 Å². The fraction of sp³-hybridized carbons (Fsp3) is 0.889. The molecular formula is C9H16BrNO2. The van der Waals surface area contributed by atoms with Crippen molar-refractivity contribution in [2.24, 2.45) is 0 Å². The molecule has 1 aliphatic carbocycles. The van der Waals surface area contributed by atoms with Gasteiger partial charge in [0.05, 0.1) is 6.10 Å². The van der Waals surface area contributed by atoms with E-state index in [9.17, 15) is 4.79 Å². The first-order valence-corrected chi connectivity index (χ1v) is 5.49. The summed E-state index contributed by atoms with van der Waals surface area (Å²) in [6.07, 6.45) is 3.54. The Morgan fingerprint density at radius 2 is 2.15 bits per heavy atom. The van der Waals surface area contributed by atoms with E-state index in [0.29, 0.717) is 6.54 Å². The van der Waals surface area contributed by atoms with Gasteiger partial charge in [-0.05, 0) is 19.8 Å². The maximum Gasteiger partial charge on any atom is 0.236 e. The molecule has 1 aliphatic rings. The van der Waals surface area contributed by atoms with E-state index in [-0.39, 0.29) is 10.2 Å². The smallest absolute Gasteiger partial charge is 0.236 e. The zero-order chi connectivity index (χ0) is 9.90. The van der Waals surface area contributed by atoms with E-state index < -0.39 is 6.10 Å². The van der Waals surface area contributed by atoms with Gasteiger partial charge >= 0.3 is 0 Å². The molecule has 1 saturated carbocycles. The van der Waals surface area contributed by atoms with Gasteiger partial charge in [-0.1, -0.05) is 28.8 Å². The van der Waals surface area contributed by atoms with Crippen molar-refractivity contribution in [2.45, 2.75) is 43.0 Å². The molecule has 0 bridgehead atoms. The lowest BCUT2D eigenvalue weighted by Crippen LogP contribution is -2.42. The van der Waals surface area contributed by atoms with Crippen molar-refractivity contribution in [2.75, 3.05) is 6.54 Å². The van der Waals surface area contributed by atoms with Crippen molar-refractivity contribution in [1.82, 2.24) is 5.32 Å². The van der Waals surface area contributed by atoms with E-state index >= 15 is 0 Å². The molecule has 1 unspecified atom stereocenters. The van der Waals surface area contributed by atoms with Gasteiger partial charge in [0.1, 0.15) is 4.32 Å². The van der Waals surface area contributed by atoms with Gasteiger partial charge in [-0.3, -0.25) is 4.79 Å². The Hall–Kier alpha value is -0.0900. The molecular weight excluding hydrogens is 234 g/mol. The summed E-state index contributed by atoms with van der Waals surface area (Å²) in [4.78, 5) is 11.6. The molecule has 1 atom stereocenters. The summed E-state index contributed by atoms with van der Waals surface area (Å²) in [6.45, 7) is 2.00. The molecule has 4 heteroatoms. The highest BCUT2D eigenvalue weighted by molar-refractivity contribution is 9.10. The molecule has 0 aromatic carbocycles. The second-order valence-electron chi connectivity index (χ2n) is 3.73. The van der Waals surface area contributed by atoms with Crippen LogP contribution in [-0.2, 0) is 4.79 Å². The maximum atomic E-state index is 11.6. The summed E-state index contributed by atoms with van der Waals surface area (Å²) < 4.78 is -0.359. The van der Waals surface area contributed by atoms with E-state index in [1.54, 1.807) is 6.92 Å². The Kier molecular flexibility index (Phi) is 3.74. The van der Waals surface area contributed by atoms with Crippen molar-refractivity contribution in [3.63, 3.8) is 0 Å². The van der Waals surface area contributed by atoms with Crippen molar-refractivity contribution >= 4 is 21.8 Å². The summed E-state index contributed by atoms with van der Waals surface area (Å²) in [6, 6.07) is 0. The zero-order valence-corrected chi connectivity index (χ0v) is 9.43. The minimum atomic E-state index is -0.471. The summed E-state index contributed by atoms with van der Waals surface area (Å²) >= 11 is 3.47. The Morgan fingerprint density at radius 3 is 2.62 bits per heavy atom. The Bertz CT molecular complexity index is 188. The fourth-order valence-corrected chi connectivity index (χ4v) is 2.26. The van der Waals surface area contributed by atoms with Crippen LogP contribution in [0.3, 0.4) is 0 Å². The summed E-state index contributed by atoms with van der Waals surface area (Å²) in [5.74, 6) is 0.0194. The molecule has 3 nitrogen and oxygen atoms in total. The van der Waals surface area contributed by atoms with Crippen LogP contribution in [0.25, 0.3) is 0 Å². The quantitative estimate of drug-likeness (QED) is 0.739. The number of hydrogen-bond donors (Lipinski definition) is 2. The minimum absolute atomic E-state index is 0.0194. The van der Waals surface area contributed by atoms with Crippen LogP contribution in [0, 0.1) is 0 Å². The van der Waals surface area contributed by atoms with Crippen LogP contribution in [0.4, 0.5) is 0 Å². The van der Waals surface area contributed by atoms with Crippen LogP contribution >= 0.6 is 15.9 Å². The van der Waals surface area contributed by atoms with Gasteiger partial charge in [0.25, 0.3) is 0 Å². The predicted molar refractivity (Wildman–Crippen MR) is 54.8 cm³/mol. The molecule has 0 saturated heterocycles. The Labute approximate surface area is 87.0 Å². The van der Waals surface area contributed by atoms with Gasteiger partial charge in [0.15, 0.2) is 0 Å². The molecule has 76 valence electrons. The van der Waals surface area contributed by atoms with Crippen LogP contribution in [0.15, 0.2) is 0 Å². The van der Waals surface area contributed by atoms with Crippen LogP contribution in [0.2, 0.25) is 0 Å². The molecule has 0 aromatic rings. The molecule has 13 heavy (non-hydrogen) atoms. The average molecular weight is 250 g/mol. The monoisotopic (exact) mass is 249 g/mol. The maximum absolute atomic E-state index is 11.6. The van der Waals surface area contributed by atoms with Crippen molar-refractivity contribution < 1.29 is 9.90 Å². The zero-order valence-electron chi connectivity index (χ0n) is 7.85. The average Bonchev–Trinajstić information content (AvgIpc) is 2.49. The minimum Gasteiger partial charge on any atom is -0.392 e. The molecule has 0 radical (unpaired) electrons. The third-order valence-electron chi connectivity index (χ3n) is 2.36. The molecule has 1 rings (SSSR count). The van der Waals surface area contributed by atoms with Gasteiger partial charge < -0.3 is 10.4 Å². The van der Waals surface area contributed by atoms with Crippen LogP contribution < -0.4 is 5.32 Å². The number of nitrogens with one attached hydrogen (secondary N) is 1. The van der Waals surface area contributed by atoms with E-state index in [1.165, 1.54) is 0 Å². The molecule has 2 N–H and O–H groups in total. The lowest BCUT2D eigenvalue weighted by atomic mass is 10.1. The standard InChI is InChI=1S/C9H16BrNO2/c1-7(12)6-11-8(13)9(10)4-2-3-5-9/h7,12H,2-6H2,1H3,(H,11,13). The summed E-state index contributed by atoms with van der Waals surface area (Å²) in [5.41, 5.74) is 0. The van der Waals surface area contributed by atoms with E-state index in [2.05, 4.69) is 21.2 Å². The first-order chi connectivity index (χ1) is 6.04. The summed E-state index contributed by atoms with van der Waals surface area (Å²) in [5, 5.41) is 11.7. The second-order valence-corrected chi connectivity index (χ2v) is 5.25. The lowest BCUT2D eigenvalue weighted by Gasteiger charge is -2.20. The SMILES string of the molecule is CC(O)CNC(=O)C1(Br)CCCC1. The Morgan fingerprint density at radius 1 is 1.62 bits per heavy atom. The van der Waals surface area contributed by atoms with Crippen molar-refractivity contribution in [1.29, 1.82) is 0 Å². The highest BCUT2D eigenvalue weighted by atomic mass is 79.9. The van der Waals surface area contributed by atoms with E-state index in [0.717, 1.165) is 25.7 Å². The number of alkyl halides is 1. The largest absolute Gasteiger partial charge is 0.392 e. The number of hydrogen-bond acceptors (Lipinski definition) is 2. The number of aliphatic hydroxyl groups excluding tert-OH is 1. The first kappa shape index (κ1) is 11.0. The van der Waals surface area contributed by atoms with Crippen LogP contribution in [-0.4, -0.2) is 28.0 Å². The third kappa shape index (κ3) is 2.95. The lowest BCUT2D eigenvalue weighted by molar-refractivity contribution is -0.123. The highest BCUT2D eigenvalue weighted by Gasteiger charge is 2.38. The van der Waals surface area contributed by atoms with E-state index in [1.807, 2.05) is 0 Å². The third-order valence-corrected chi connectivity index (χ3v) is 3.51. The van der Waals surface area contributed by atoms with Gasteiger partial charge in [-0.2, -0.15) is 0 Å².